The summed E-state index contributed by atoms with van der Waals surface area (Å²) < 4.78 is 9.24. The van der Waals surface area contributed by atoms with Crippen molar-refractivity contribution >= 4 is 16.4 Å². The van der Waals surface area contributed by atoms with Crippen LogP contribution in [0.25, 0.3) is 27.7 Å². The van der Waals surface area contributed by atoms with Gasteiger partial charge in [-0.05, 0) is 54.5 Å². The van der Waals surface area contributed by atoms with Crippen molar-refractivity contribution in [3.8, 4) is 17.0 Å². The fourth-order valence-electron chi connectivity index (χ4n) is 4.55. The number of benzene rings is 1. The van der Waals surface area contributed by atoms with Crippen LogP contribution >= 0.6 is 0 Å². The highest BCUT2D eigenvalue weighted by molar-refractivity contribution is 5.81. The number of hydrogen-bond donors (Lipinski definition) is 2. The molecule has 0 atom stereocenters. The van der Waals surface area contributed by atoms with Crippen LogP contribution in [0.2, 0.25) is 0 Å². The molecule has 4 heterocycles. The summed E-state index contributed by atoms with van der Waals surface area (Å²) in [7, 11) is 1.66. The van der Waals surface area contributed by atoms with E-state index in [0.29, 0.717) is 6.54 Å². The van der Waals surface area contributed by atoms with Gasteiger partial charge < -0.3 is 19.4 Å². The third kappa shape index (κ3) is 3.98. The molecule has 0 unspecified atom stereocenters. The molecule has 0 radical (unpaired) electrons. The summed E-state index contributed by atoms with van der Waals surface area (Å²) in [4.78, 5) is 7.81. The third-order valence-electron chi connectivity index (χ3n) is 6.61. The van der Waals surface area contributed by atoms with Crippen molar-refractivity contribution in [2.24, 2.45) is 5.92 Å². The summed E-state index contributed by atoms with van der Waals surface area (Å²) >= 11 is 0. The zero-order valence-corrected chi connectivity index (χ0v) is 18.7. The maximum atomic E-state index is 5.43. The molecular weight excluding hydrogens is 414 g/mol. The van der Waals surface area contributed by atoms with Crippen molar-refractivity contribution in [1.29, 1.82) is 0 Å². The van der Waals surface area contributed by atoms with Gasteiger partial charge in [-0.3, -0.25) is 0 Å². The number of imidazole rings is 1. The van der Waals surface area contributed by atoms with Crippen LogP contribution in [0.5, 0.6) is 5.75 Å². The summed E-state index contributed by atoms with van der Waals surface area (Å²) in [5, 5.41) is 13.6. The van der Waals surface area contributed by atoms with E-state index in [1.807, 2.05) is 33.7 Å². The average Bonchev–Trinajstić information content (AvgIpc) is 3.53. The minimum atomic E-state index is 0.650. The highest BCUT2D eigenvalue weighted by Crippen LogP contribution is 2.28. The molecule has 1 aliphatic carbocycles. The van der Waals surface area contributed by atoms with Gasteiger partial charge in [0.05, 0.1) is 44.1 Å². The van der Waals surface area contributed by atoms with Crippen LogP contribution in [0.3, 0.4) is 0 Å². The number of rotatable bonds is 8. The molecule has 1 fully saturated rings. The molecule has 4 aromatic heterocycles. The van der Waals surface area contributed by atoms with Crippen molar-refractivity contribution < 1.29 is 4.74 Å². The van der Waals surface area contributed by atoms with Gasteiger partial charge in [0.15, 0.2) is 0 Å². The van der Waals surface area contributed by atoms with Crippen LogP contribution < -0.4 is 10.1 Å². The number of methoxy groups -OCH3 is 1. The Hall–Kier alpha value is -3.65. The first-order valence-electron chi connectivity index (χ1n) is 11.5. The average molecular weight is 442 g/mol. The third-order valence-corrected chi connectivity index (χ3v) is 6.61. The van der Waals surface area contributed by atoms with Crippen molar-refractivity contribution in [1.82, 2.24) is 34.7 Å². The van der Waals surface area contributed by atoms with Crippen LogP contribution in [0, 0.1) is 5.92 Å². The molecule has 0 saturated heterocycles. The minimum Gasteiger partial charge on any atom is -0.495 e. The van der Waals surface area contributed by atoms with Gasteiger partial charge in [-0.1, -0.05) is 23.8 Å². The van der Waals surface area contributed by atoms with E-state index in [1.165, 1.54) is 35.9 Å². The molecule has 0 bridgehead atoms. The van der Waals surface area contributed by atoms with Crippen molar-refractivity contribution in [3.63, 3.8) is 0 Å². The van der Waals surface area contributed by atoms with Crippen LogP contribution in [-0.4, -0.2) is 43.0 Å². The second-order valence-electron chi connectivity index (χ2n) is 8.93. The van der Waals surface area contributed by atoms with Crippen LogP contribution in [0.15, 0.2) is 55.2 Å². The Bertz CT molecular complexity index is 1410. The fraction of sp³-hybridized carbons (Fsp3) is 0.320. The number of aromatic nitrogens is 6. The second kappa shape index (κ2) is 8.37. The zero-order valence-electron chi connectivity index (χ0n) is 18.7. The molecule has 0 spiro atoms. The maximum absolute atomic E-state index is 5.43. The summed E-state index contributed by atoms with van der Waals surface area (Å²) in [5.41, 5.74) is 6.26. The lowest BCUT2D eigenvalue weighted by Gasteiger charge is -2.25. The molecule has 8 nitrogen and oxygen atoms in total. The van der Waals surface area contributed by atoms with Gasteiger partial charge in [0.25, 0.3) is 0 Å². The predicted molar refractivity (Wildman–Crippen MR) is 127 cm³/mol. The molecule has 168 valence electrons. The summed E-state index contributed by atoms with van der Waals surface area (Å²) in [6.07, 6.45) is 11.6. The summed E-state index contributed by atoms with van der Waals surface area (Å²) in [5.74, 6) is 1.62. The maximum Gasteiger partial charge on any atom is 0.136 e. The van der Waals surface area contributed by atoms with Crippen molar-refractivity contribution in [2.45, 2.75) is 32.4 Å². The van der Waals surface area contributed by atoms with E-state index >= 15 is 0 Å². The molecule has 1 saturated carbocycles. The van der Waals surface area contributed by atoms with Gasteiger partial charge >= 0.3 is 0 Å². The highest BCUT2D eigenvalue weighted by atomic mass is 16.5. The smallest absolute Gasteiger partial charge is 0.136 e. The van der Waals surface area contributed by atoms with Crippen molar-refractivity contribution in [2.75, 3.05) is 13.7 Å². The topological polar surface area (TPSA) is 85.1 Å². The lowest BCUT2D eigenvalue weighted by molar-refractivity contribution is 0.301. The van der Waals surface area contributed by atoms with Gasteiger partial charge in [0.1, 0.15) is 11.4 Å². The number of ether oxygens (including phenoxy) is 1. The Balaban J connectivity index is 1.19. The lowest BCUT2D eigenvalue weighted by atomic mass is 9.85. The van der Waals surface area contributed by atoms with Gasteiger partial charge in [-0.15, -0.1) is 5.10 Å². The van der Waals surface area contributed by atoms with Gasteiger partial charge in [0, 0.05) is 23.3 Å². The Morgan fingerprint density at radius 1 is 1.18 bits per heavy atom. The highest BCUT2D eigenvalue weighted by Gasteiger charge is 2.16. The molecule has 5 aromatic rings. The number of hydrogen-bond acceptors (Lipinski definition) is 5. The van der Waals surface area contributed by atoms with Crippen molar-refractivity contribution in [3.05, 3.63) is 66.5 Å². The summed E-state index contributed by atoms with van der Waals surface area (Å²) in [6, 6.07) is 10.7. The molecule has 1 aromatic carbocycles. The zero-order chi connectivity index (χ0) is 22.2. The first kappa shape index (κ1) is 20.0. The standard InChI is InChI=1S/C25H27N7O/c1-33-21-9-22(25-12-27-16-31(25)14-21)24-15-32(30-29-24)13-18-5-6-19-8-20(28-23(19)7-18)11-26-10-17-3-2-4-17/h5-9,12,14-17,26,28H,2-4,10-11,13H2,1H3. The van der Waals surface area contributed by atoms with E-state index < -0.39 is 0 Å². The normalized spacial score (nSPS) is 14.2. The van der Waals surface area contributed by atoms with Gasteiger partial charge in [-0.25, -0.2) is 9.67 Å². The summed E-state index contributed by atoms with van der Waals surface area (Å²) in [6.45, 7) is 2.65. The van der Waals surface area contributed by atoms with Crippen LogP contribution in [0.4, 0.5) is 0 Å². The van der Waals surface area contributed by atoms with E-state index in [4.69, 9.17) is 4.74 Å². The Morgan fingerprint density at radius 3 is 2.97 bits per heavy atom. The molecule has 1 aliphatic rings. The van der Waals surface area contributed by atoms with Gasteiger partial charge in [0.2, 0.25) is 0 Å². The fourth-order valence-corrected chi connectivity index (χ4v) is 4.55. The minimum absolute atomic E-state index is 0.650. The second-order valence-corrected chi connectivity index (χ2v) is 8.93. The molecular formula is C25H27N7O. The number of nitrogens with zero attached hydrogens (tertiary/aromatic N) is 5. The number of nitrogens with one attached hydrogen (secondary N) is 2. The number of fused-ring (bicyclic) bond motifs is 2. The molecule has 2 N–H and O–H groups in total. The van der Waals surface area contributed by atoms with E-state index in [2.05, 4.69) is 49.9 Å². The van der Waals surface area contributed by atoms with E-state index in [0.717, 1.165) is 47.0 Å². The first-order chi connectivity index (χ1) is 16.2. The monoisotopic (exact) mass is 441 g/mol. The SMILES string of the molecule is COc1cc(-c2cn(Cc3ccc4cc(CNCC5CCC5)[nH]c4c3)nn2)c2cncn2c1. The molecule has 0 amide bonds. The van der Waals surface area contributed by atoms with Crippen LogP contribution in [0.1, 0.15) is 30.5 Å². The largest absolute Gasteiger partial charge is 0.495 e. The quantitative estimate of drug-likeness (QED) is 0.380. The lowest BCUT2D eigenvalue weighted by Crippen LogP contribution is -2.26. The number of pyridine rings is 1. The van der Waals surface area contributed by atoms with E-state index in [1.54, 1.807) is 13.4 Å². The Kier molecular flexibility index (Phi) is 5.07. The van der Waals surface area contributed by atoms with Gasteiger partial charge in [-0.2, -0.15) is 0 Å². The van der Waals surface area contributed by atoms with Crippen LogP contribution in [-0.2, 0) is 13.1 Å². The van der Waals surface area contributed by atoms with E-state index in [-0.39, 0.29) is 0 Å². The number of aromatic amines is 1. The molecule has 0 aliphatic heterocycles. The Morgan fingerprint density at radius 2 is 2.12 bits per heavy atom. The first-order valence-corrected chi connectivity index (χ1v) is 11.5. The Labute approximate surface area is 191 Å². The predicted octanol–water partition coefficient (Wildman–Crippen LogP) is 4.02. The number of H-pyrrole nitrogens is 1. The molecule has 8 heteroatoms. The molecule has 33 heavy (non-hydrogen) atoms. The molecule has 6 rings (SSSR count). The van der Waals surface area contributed by atoms with E-state index in [9.17, 15) is 0 Å².